The van der Waals surface area contributed by atoms with Crippen molar-refractivity contribution in [3.63, 3.8) is 0 Å². The number of hydrogen-bond acceptors (Lipinski definition) is 5. The molecule has 6 nitrogen and oxygen atoms in total. The van der Waals surface area contributed by atoms with Crippen LogP contribution in [-0.2, 0) is 0 Å². The molecule has 0 unspecified atom stereocenters. The molecule has 6 heteroatoms. The number of nitrogens with one attached hydrogen (secondary N) is 2. The van der Waals surface area contributed by atoms with Crippen LogP contribution in [0.1, 0.15) is 18.4 Å². The topological polar surface area (TPSA) is 80.1 Å². The molecule has 1 aliphatic rings. The van der Waals surface area contributed by atoms with Crippen molar-refractivity contribution in [2.45, 2.75) is 25.8 Å². The lowest BCUT2D eigenvalue weighted by molar-refractivity contribution is -0.385. The molecule has 0 amide bonds. The Morgan fingerprint density at radius 3 is 2.94 bits per heavy atom. The fourth-order valence-electron chi connectivity index (χ4n) is 1.56. The SMILES string of the molecule is Cc1cnc(NCCNC2CC2)cc1[N+](=O)[O-]. The number of hydrogen-bond donors (Lipinski definition) is 2. The summed E-state index contributed by atoms with van der Waals surface area (Å²) in [6.07, 6.45) is 4.04. The highest BCUT2D eigenvalue weighted by Gasteiger charge is 2.19. The molecule has 2 rings (SSSR count). The Labute approximate surface area is 99.6 Å². The number of pyridine rings is 1. The fraction of sp³-hybridized carbons (Fsp3) is 0.545. The van der Waals surface area contributed by atoms with Crippen LogP contribution in [0.3, 0.4) is 0 Å². The zero-order chi connectivity index (χ0) is 12.3. The molecule has 1 aliphatic carbocycles. The minimum absolute atomic E-state index is 0.109. The van der Waals surface area contributed by atoms with Crippen molar-refractivity contribution in [1.82, 2.24) is 10.3 Å². The Morgan fingerprint density at radius 1 is 1.53 bits per heavy atom. The van der Waals surface area contributed by atoms with Gasteiger partial charge in [0, 0.05) is 30.9 Å². The van der Waals surface area contributed by atoms with Gasteiger partial charge < -0.3 is 10.6 Å². The predicted octanol–water partition coefficient (Wildman–Crippen LogP) is 1.46. The third-order valence-electron chi connectivity index (χ3n) is 2.71. The molecule has 2 N–H and O–H groups in total. The van der Waals surface area contributed by atoms with Gasteiger partial charge in [-0.05, 0) is 19.8 Å². The molecule has 1 fully saturated rings. The maximum atomic E-state index is 10.7. The second-order valence-corrected chi connectivity index (χ2v) is 4.27. The van der Waals surface area contributed by atoms with Crippen LogP contribution in [0.25, 0.3) is 0 Å². The summed E-state index contributed by atoms with van der Waals surface area (Å²) in [5.41, 5.74) is 0.689. The monoisotopic (exact) mass is 236 g/mol. The van der Waals surface area contributed by atoms with Crippen molar-refractivity contribution >= 4 is 11.5 Å². The average Bonchev–Trinajstić information content (AvgIpc) is 3.10. The van der Waals surface area contributed by atoms with E-state index in [0.29, 0.717) is 17.4 Å². The highest BCUT2D eigenvalue weighted by molar-refractivity contribution is 5.48. The van der Waals surface area contributed by atoms with Crippen LogP contribution in [0.15, 0.2) is 12.3 Å². The van der Waals surface area contributed by atoms with Gasteiger partial charge in [-0.15, -0.1) is 0 Å². The van der Waals surface area contributed by atoms with E-state index in [9.17, 15) is 10.1 Å². The summed E-state index contributed by atoms with van der Waals surface area (Å²) in [7, 11) is 0. The number of aryl methyl sites for hydroxylation is 1. The van der Waals surface area contributed by atoms with Gasteiger partial charge in [-0.3, -0.25) is 10.1 Å². The minimum atomic E-state index is -0.384. The Hall–Kier alpha value is -1.69. The lowest BCUT2D eigenvalue weighted by Crippen LogP contribution is -2.24. The van der Waals surface area contributed by atoms with E-state index in [0.717, 1.165) is 13.1 Å². The van der Waals surface area contributed by atoms with E-state index in [1.807, 2.05) is 0 Å². The van der Waals surface area contributed by atoms with Crippen molar-refractivity contribution in [3.8, 4) is 0 Å². The molecule has 0 aromatic carbocycles. The van der Waals surface area contributed by atoms with Crippen molar-refractivity contribution in [1.29, 1.82) is 0 Å². The van der Waals surface area contributed by atoms with Gasteiger partial charge in [-0.25, -0.2) is 4.98 Å². The second-order valence-electron chi connectivity index (χ2n) is 4.27. The molecule has 92 valence electrons. The van der Waals surface area contributed by atoms with E-state index >= 15 is 0 Å². The molecule has 0 saturated heterocycles. The highest BCUT2D eigenvalue weighted by atomic mass is 16.6. The lowest BCUT2D eigenvalue weighted by Gasteiger charge is -2.06. The number of nitro groups is 1. The van der Waals surface area contributed by atoms with Gasteiger partial charge in [-0.2, -0.15) is 0 Å². The lowest BCUT2D eigenvalue weighted by atomic mass is 10.2. The van der Waals surface area contributed by atoms with Crippen LogP contribution < -0.4 is 10.6 Å². The minimum Gasteiger partial charge on any atom is -0.369 e. The van der Waals surface area contributed by atoms with E-state index in [4.69, 9.17) is 0 Å². The van der Waals surface area contributed by atoms with Gasteiger partial charge in [0.25, 0.3) is 5.69 Å². The van der Waals surface area contributed by atoms with Gasteiger partial charge in [0.15, 0.2) is 0 Å². The number of nitrogens with zero attached hydrogens (tertiary/aromatic N) is 2. The van der Waals surface area contributed by atoms with E-state index in [2.05, 4.69) is 15.6 Å². The first-order chi connectivity index (χ1) is 8.16. The molecular weight excluding hydrogens is 220 g/mol. The van der Waals surface area contributed by atoms with Crippen LogP contribution in [0.2, 0.25) is 0 Å². The average molecular weight is 236 g/mol. The summed E-state index contributed by atoms with van der Waals surface area (Å²) >= 11 is 0. The molecule has 0 aliphatic heterocycles. The first-order valence-electron chi connectivity index (χ1n) is 5.75. The molecule has 0 spiro atoms. The fourth-order valence-corrected chi connectivity index (χ4v) is 1.56. The summed E-state index contributed by atoms with van der Waals surface area (Å²) in [6, 6.07) is 2.16. The number of anilines is 1. The Kier molecular flexibility index (Phi) is 3.53. The van der Waals surface area contributed by atoms with Crippen molar-refractivity contribution in [3.05, 3.63) is 27.9 Å². The molecule has 0 bridgehead atoms. The van der Waals surface area contributed by atoms with E-state index in [-0.39, 0.29) is 10.6 Å². The molecular formula is C11H16N4O2. The summed E-state index contributed by atoms with van der Waals surface area (Å²) in [5.74, 6) is 0.555. The normalized spacial score (nSPS) is 14.6. The van der Waals surface area contributed by atoms with Crippen molar-refractivity contribution < 1.29 is 4.92 Å². The van der Waals surface area contributed by atoms with E-state index in [1.165, 1.54) is 25.1 Å². The first-order valence-corrected chi connectivity index (χ1v) is 5.75. The van der Waals surface area contributed by atoms with Crippen LogP contribution >= 0.6 is 0 Å². The van der Waals surface area contributed by atoms with Crippen LogP contribution in [0.4, 0.5) is 11.5 Å². The third-order valence-corrected chi connectivity index (χ3v) is 2.71. The van der Waals surface area contributed by atoms with Crippen LogP contribution in [-0.4, -0.2) is 29.0 Å². The maximum absolute atomic E-state index is 10.7. The summed E-state index contributed by atoms with van der Waals surface area (Å²) in [4.78, 5) is 14.5. The highest BCUT2D eigenvalue weighted by Crippen LogP contribution is 2.20. The zero-order valence-corrected chi connectivity index (χ0v) is 9.77. The van der Waals surface area contributed by atoms with Crippen molar-refractivity contribution in [2.24, 2.45) is 0 Å². The smallest absolute Gasteiger partial charge is 0.277 e. The van der Waals surface area contributed by atoms with Crippen molar-refractivity contribution in [2.75, 3.05) is 18.4 Å². The van der Waals surface area contributed by atoms with Gasteiger partial charge in [0.1, 0.15) is 5.82 Å². The Balaban J connectivity index is 1.86. The molecule has 0 atom stereocenters. The Bertz CT molecular complexity index is 418. The maximum Gasteiger partial charge on any atom is 0.277 e. The summed E-state index contributed by atoms with van der Waals surface area (Å²) in [5, 5.41) is 17.2. The number of aromatic nitrogens is 1. The van der Waals surface area contributed by atoms with Crippen LogP contribution in [0, 0.1) is 17.0 Å². The molecule has 1 heterocycles. The largest absolute Gasteiger partial charge is 0.369 e. The van der Waals surface area contributed by atoms with Crippen LogP contribution in [0.5, 0.6) is 0 Å². The first kappa shape index (κ1) is 11.8. The molecule has 1 aromatic rings. The van der Waals surface area contributed by atoms with Gasteiger partial charge in [0.2, 0.25) is 0 Å². The predicted molar refractivity (Wildman–Crippen MR) is 65.1 cm³/mol. The van der Waals surface area contributed by atoms with E-state index in [1.54, 1.807) is 6.92 Å². The number of rotatable bonds is 6. The molecule has 17 heavy (non-hydrogen) atoms. The Morgan fingerprint density at radius 2 is 2.29 bits per heavy atom. The zero-order valence-electron chi connectivity index (χ0n) is 9.77. The molecule has 0 radical (unpaired) electrons. The molecule has 1 saturated carbocycles. The second kappa shape index (κ2) is 5.09. The quantitative estimate of drug-likeness (QED) is 0.444. The van der Waals surface area contributed by atoms with Gasteiger partial charge >= 0.3 is 0 Å². The molecule has 1 aromatic heterocycles. The van der Waals surface area contributed by atoms with E-state index < -0.39 is 0 Å². The summed E-state index contributed by atoms with van der Waals surface area (Å²) in [6.45, 7) is 3.27. The third kappa shape index (κ3) is 3.39. The van der Waals surface area contributed by atoms with Gasteiger partial charge in [0.05, 0.1) is 11.0 Å². The standard InChI is InChI=1S/C11H16N4O2/c1-8-7-14-11(6-10(8)15(16)17)13-5-4-12-9-2-3-9/h6-7,9,12H,2-5H2,1H3,(H,13,14). The summed E-state index contributed by atoms with van der Waals surface area (Å²) < 4.78 is 0. The van der Waals surface area contributed by atoms with Gasteiger partial charge in [-0.1, -0.05) is 0 Å².